The number of fused-ring (bicyclic) bond motifs is 1. The molecular weight excluding hydrogens is 231 g/mol. The van der Waals surface area contributed by atoms with Crippen LogP contribution in [0.15, 0.2) is 11.6 Å². The molecule has 3 atom stereocenters. The Bertz CT molecular complexity index is 332. The molecule has 0 bridgehead atoms. The highest BCUT2D eigenvalue weighted by atomic mass is 31.2. The van der Waals surface area contributed by atoms with Gasteiger partial charge in [0.05, 0.1) is 6.61 Å². The Hall–Kier alpha value is -0.350. The van der Waals surface area contributed by atoms with Crippen LogP contribution >= 0.6 is 7.60 Å². The molecule has 16 heavy (non-hydrogen) atoms. The second-order valence-electron chi connectivity index (χ2n) is 4.04. The zero-order valence-electron chi connectivity index (χ0n) is 9.71. The first kappa shape index (κ1) is 12.1. The van der Waals surface area contributed by atoms with Gasteiger partial charge in [-0.2, -0.15) is 0 Å². The SMILES string of the molecule is COP(=O)(OC)C1=C[C@@H](C)[C@@H]2CCO[C@@H]2O1. The van der Waals surface area contributed by atoms with Crippen LogP contribution in [0.4, 0.5) is 0 Å². The van der Waals surface area contributed by atoms with E-state index in [1.54, 1.807) is 0 Å². The van der Waals surface area contributed by atoms with Crippen LogP contribution in [0.2, 0.25) is 0 Å². The van der Waals surface area contributed by atoms with E-state index in [0.29, 0.717) is 12.5 Å². The highest BCUT2D eigenvalue weighted by Crippen LogP contribution is 2.58. The van der Waals surface area contributed by atoms with Crippen LogP contribution in [0.5, 0.6) is 0 Å². The van der Waals surface area contributed by atoms with Gasteiger partial charge >= 0.3 is 7.60 Å². The van der Waals surface area contributed by atoms with Crippen molar-refractivity contribution in [2.75, 3.05) is 20.8 Å². The van der Waals surface area contributed by atoms with Gasteiger partial charge in [-0.25, -0.2) is 0 Å². The number of rotatable bonds is 3. The van der Waals surface area contributed by atoms with Crippen LogP contribution in [0, 0.1) is 11.8 Å². The molecule has 5 nitrogen and oxygen atoms in total. The lowest BCUT2D eigenvalue weighted by Crippen LogP contribution is -2.29. The van der Waals surface area contributed by atoms with Crippen LogP contribution in [0.25, 0.3) is 0 Å². The second kappa shape index (κ2) is 4.49. The molecule has 0 aliphatic carbocycles. The summed E-state index contributed by atoms with van der Waals surface area (Å²) in [5, 5.41) is 0. The lowest BCUT2D eigenvalue weighted by Gasteiger charge is -2.31. The van der Waals surface area contributed by atoms with E-state index in [4.69, 9.17) is 18.5 Å². The molecule has 0 aromatic heterocycles. The van der Waals surface area contributed by atoms with E-state index in [-0.39, 0.29) is 17.7 Å². The Morgan fingerprint density at radius 1 is 1.44 bits per heavy atom. The topological polar surface area (TPSA) is 54.0 Å². The first-order valence-electron chi connectivity index (χ1n) is 5.33. The molecule has 92 valence electrons. The zero-order valence-corrected chi connectivity index (χ0v) is 10.6. The Morgan fingerprint density at radius 3 is 2.75 bits per heavy atom. The second-order valence-corrected chi connectivity index (χ2v) is 6.20. The van der Waals surface area contributed by atoms with E-state index in [0.717, 1.165) is 6.42 Å². The minimum absolute atomic E-state index is 0.259. The number of allylic oxidation sites excluding steroid dienone is 1. The standard InChI is InChI=1S/C10H17O5P/c1-7-6-9(16(11,12-2)13-3)15-10-8(7)4-5-14-10/h6-8,10H,4-5H2,1-3H3/t7-,8+,10-/m1/s1. The minimum Gasteiger partial charge on any atom is -0.456 e. The van der Waals surface area contributed by atoms with Crippen LogP contribution in [-0.2, 0) is 23.1 Å². The van der Waals surface area contributed by atoms with Gasteiger partial charge in [-0.1, -0.05) is 6.92 Å². The summed E-state index contributed by atoms with van der Waals surface area (Å²) < 4.78 is 33.0. The first-order valence-corrected chi connectivity index (χ1v) is 6.87. The van der Waals surface area contributed by atoms with E-state index in [1.807, 2.05) is 6.08 Å². The molecule has 0 saturated carbocycles. The maximum atomic E-state index is 12.1. The van der Waals surface area contributed by atoms with Gasteiger partial charge in [0.2, 0.25) is 11.8 Å². The summed E-state index contributed by atoms with van der Waals surface area (Å²) in [6, 6.07) is 0. The molecule has 2 aliphatic heterocycles. The summed E-state index contributed by atoms with van der Waals surface area (Å²) >= 11 is 0. The molecule has 2 heterocycles. The van der Waals surface area contributed by atoms with Crippen molar-refractivity contribution in [1.29, 1.82) is 0 Å². The van der Waals surface area contributed by atoms with Crippen molar-refractivity contribution >= 4 is 7.60 Å². The molecule has 0 radical (unpaired) electrons. The maximum absolute atomic E-state index is 12.1. The monoisotopic (exact) mass is 248 g/mol. The Morgan fingerprint density at radius 2 is 2.12 bits per heavy atom. The summed E-state index contributed by atoms with van der Waals surface area (Å²) in [4.78, 5) is 0. The molecule has 0 N–H and O–H groups in total. The molecular formula is C10H17O5P. The van der Waals surface area contributed by atoms with E-state index in [9.17, 15) is 4.57 Å². The average molecular weight is 248 g/mol. The first-order chi connectivity index (χ1) is 7.60. The van der Waals surface area contributed by atoms with Crippen molar-refractivity contribution in [3.63, 3.8) is 0 Å². The van der Waals surface area contributed by atoms with E-state index >= 15 is 0 Å². The van der Waals surface area contributed by atoms with Crippen LogP contribution in [-0.4, -0.2) is 27.1 Å². The molecule has 6 heteroatoms. The summed E-state index contributed by atoms with van der Waals surface area (Å²) in [6.07, 6.45) is 2.48. The molecule has 2 aliphatic rings. The number of hydrogen-bond donors (Lipinski definition) is 0. The van der Waals surface area contributed by atoms with Crippen molar-refractivity contribution in [3.05, 3.63) is 11.6 Å². The van der Waals surface area contributed by atoms with Crippen molar-refractivity contribution in [3.8, 4) is 0 Å². The van der Waals surface area contributed by atoms with Crippen LogP contribution < -0.4 is 0 Å². The van der Waals surface area contributed by atoms with Gasteiger partial charge in [-0.05, 0) is 18.4 Å². The van der Waals surface area contributed by atoms with Gasteiger partial charge in [0, 0.05) is 20.1 Å². The van der Waals surface area contributed by atoms with Gasteiger partial charge in [0.15, 0.2) is 0 Å². The van der Waals surface area contributed by atoms with E-state index in [2.05, 4.69) is 6.92 Å². The van der Waals surface area contributed by atoms with Gasteiger partial charge < -0.3 is 18.5 Å². The van der Waals surface area contributed by atoms with Crippen LogP contribution in [0.3, 0.4) is 0 Å². The fourth-order valence-corrected chi connectivity index (χ4v) is 3.29. The third-order valence-corrected chi connectivity index (χ3v) is 4.91. The lowest BCUT2D eigenvalue weighted by molar-refractivity contribution is -0.112. The van der Waals surface area contributed by atoms with E-state index in [1.165, 1.54) is 14.2 Å². The van der Waals surface area contributed by atoms with Crippen molar-refractivity contribution < 1.29 is 23.1 Å². The van der Waals surface area contributed by atoms with Gasteiger partial charge in [-0.3, -0.25) is 4.57 Å². The third-order valence-electron chi connectivity index (χ3n) is 3.15. The fraction of sp³-hybridized carbons (Fsp3) is 0.800. The van der Waals surface area contributed by atoms with Crippen molar-refractivity contribution in [2.24, 2.45) is 11.8 Å². The normalized spacial score (nSPS) is 34.2. The Balaban J connectivity index is 2.24. The number of hydrogen-bond acceptors (Lipinski definition) is 5. The smallest absolute Gasteiger partial charge is 0.394 e. The predicted octanol–water partition coefficient (Wildman–Crippen LogP) is 2.34. The van der Waals surface area contributed by atoms with Gasteiger partial charge in [0.1, 0.15) is 0 Å². The zero-order chi connectivity index (χ0) is 11.8. The summed E-state index contributed by atoms with van der Waals surface area (Å²) in [5.74, 6) is 0.598. The highest BCUT2D eigenvalue weighted by Gasteiger charge is 2.43. The molecule has 0 amide bonds. The maximum Gasteiger partial charge on any atom is 0.394 e. The molecule has 0 unspecified atom stereocenters. The van der Waals surface area contributed by atoms with Crippen molar-refractivity contribution in [2.45, 2.75) is 19.6 Å². The fourth-order valence-electron chi connectivity index (χ4n) is 2.13. The Labute approximate surface area is 95.2 Å². The van der Waals surface area contributed by atoms with Gasteiger partial charge in [0.25, 0.3) is 0 Å². The largest absolute Gasteiger partial charge is 0.456 e. The lowest BCUT2D eigenvalue weighted by atomic mass is 9.91. The summed E-state index contributed by atoms with van der Waals surface area (Å²) in [6.45, 7) is 2.75. The Kier molecular flexibility index (Phi) is 3.40. The number of ether oxygens (including phenoxy) is 2. The minimum atomic E-state index is -3.28. The average Bonchev–Trinajstić information content (AvgIpc) is 2.76. The van der Waals surface area contributed by atoms with E-state index < -0.39 is 7.60 Å². The summed E-state index contributed by atoms with van der Waals surface area (Å²) in [7, 11) is -0.588. The molecule has 0 aromatic rings. The van der Waals surface area contributed by atoms with Crippen LogP contribution in [0.1, 0.15) is 13.3 Å². The molecule has 1 fully saturated rings. The molecule has 2 rings (SSSR count). The molecule has 1 saturated heterocycles. The third kappa shape index (κ3) is 1.93. The quantitative estimate of drug-likeness (QED) is 0.717. The molecule has 0 spiro atoms. The highest BCUT2D eigenvalue weighted by molar-refractivity contribution is 7.58. The predicted molar refractivity (Wildman–Crippen MR) is 57.8 cm³/mol. The summed E-state index contributed by atoms with van der Waals surface area (Å²) in [5.41, 5.74) is 0.271. The van der Waals surface area contributed by atoms with Crippen molar-refractivity contribution in [1.82, 2.24) is 0 Å². The molecule has 0 aromatic carbocycles. The van der Waals surface area contributed by atoms with Gasteiger partial charge in [-0.15, -0.1) is 0 Å².